The molecule has 0 aliphatic carbocycles. The van der Waals surface area contributed by atoms with E-state index in [1.54, 1.807) is 6.07 Å². The topological polar surface area (TPSA) is 46.2 Å². The maximum atomic E-state index is 9.68. The molecule has 0 bridgehead atoms. The van der Waals surface area contributed by atoms with Crippen LogP contribution in [0.2, 0.25) is 0 Å². The lowest BCUT2D eigenvalue weighted by molar-refractivity contribution is 0.456. The summed E-state index contributed by atoms with van der Waals surface area (Å²) in [6, 6.07) is 5.64. The van der Waals surface area contributed by atoms with Crippen LogP contribution < -0.4 is 5.73 Å². The van der Waals surface area contributed by atoms with Crippen LogP contribution >= 0.6 is 0 Å². The molecule has 1 rings (SSSR count). The predicted molar refractivity (Wildman–Crippen MR) is 59.3 cm³/mol. The molecule has 0 fully saturated rings. The van der Waals surface area contributed by atoms with Gasteiger partial charge in [-0.15, -0.1) is 0 Å². The molecular formula is C12H19NO. The molecule has 14 heavy (non-hydrogen) atoms. The normalized spacial score (nSPS) is 12.8. The Balaban J connectivity index is 2.74. The van der Waals surface area contributed by atoms with Crippen LogP contribution in [0.1, 0.15) is 43.4 Å². The number of phenolic OH excluding ortho intramolecular Hbond substituents is 1. The van der Waals surface area contributed by atoms with E-state index in [-0.39, 0.29) is 6.04 Å². The molecule has 0 aromatic heterocycles. The van der Waals surface area contributed by atoms with Gasteiger partial charge in [-0.3, -0.25) is 0 Å². The van der Waals surface area contributed by atoms with Crippen molar-refractivity contribution in [3.63, 3.8) is 0 Å². The second-order valence-electron chi connectivity index (χ2n) is 3.81. The van der Waals surface area contributed by atoms with Crippen LogP contribution in [-0.4, -0.2) is 5.11 Å². The zero-order chi connectivity index (χ0) is 10.6. The molecule has 0 amide bonds. The van der Waals surface area contributed by atoms with Crippen LogP contribution in [-0.2, 0) is 0 Å². The maximum absolute atomic E-state index is 9.68. The molecule has 0 saturated heterocycles. The molecule has 0 aliphatic rings. The van der Waals surface area contributed by atoms with E-state index in [4.69, 9.17) is 5.73 Å². The van der Waals surface area contributed by atoms with Crippen LogP contribution in [0.15, 0.2) is 18.2 Å². The van der Waals surface area contributed by atoms with Crippen molar-refractivity contribution < 1.29 is 5.11 Å². The van der Waals surface area contributed by atoms with E-state index in [0.717, 1.165) is 30.4 Å². The van der Waals surface area contributed by atoms with Crippen LogP contribution in [0, 0.1) is 6.92 Å². The molecule has 1 aromatic carbocycles. The Hall–Kier alpha value is -1.02. The van der Waals surface area contributed by atoms with Gasteiger partial charge in [0.2, 0.25) is 0 Å². The third-order valence-electron chi connectivity index (χ3n) is 2.45. The van der Waals surface area contributed by atoms with Crippen LogP contribution in [0.5, 0.6) is 5.75 Å². The average molecular weight is 193 g/mol. The van der Waals surface area contributed by atoms with Crippen molar-refractivity contribution >= 4 is 0 Å². The largest absolute Gasteiger partial charge is 0.508 e. The SMILES string of the molecule is CCCCC(N)c1ccc(C)cc1O. The molecule has 0 spiro atoms. The Kier molecular flexibility index (Phi) is 3.96. The zero-order valence-electron chi connectivity index (χ0n) is 8.96. The standard InChI is InChI=1S/C12H19NO/c1-3-4-5-11(13)10-7-6-9(2)8-12(10)14/h6-8,11,14H,3-5,13H2,1-2H3. The molecule has 1 atom stereocenters. The fraction of sp³-hybridized carbons (Fsp3) is 0.500. The van der Waals surface area contributed by atoms with E-state index in [2.05, 4.69) is 6.92 Å². The number of hydrogen-bond donors (Lipinski definition) is 2. The second kappa shape index (κ2) is 5.01. The van der Waals surface area contributed by atoms with Crippen LogP contribution in [0.25, 0.3) is 0 Å². The van der Waals surface area contributed by atoms with Crippen molar-refractivity contribution in [2.24, 2.45) is 5.73 Å². The summed E-state index contributed by atoms with van der Waals surface area (Å²) in [5.41, 5.74) is 7.90. The van der Waals surface area contributed by atoms with Crippen molar-refractivity contribution in [1.82, 2.24) is 0 Å². The molecule has 0 heterocycles. The Bertz CT molecular complexity index is 296. The summed E-state index contributed by atoms with van der Waals surface area (Å²) in [7, 11) is 0. The summed E-state index contributed by atoms with van der Waals surface area (Å²) in [5, 5.41) is 9.68. The smallest absolute Gasteiger partial charge is 0.120 e. The number of hydrogen-bond acceptors (Lipinski definition) is 2. The van der Waals surface area contributed by atoms with Gasteiger partial charge in [-0.2, -0.15) is 0 Å². The number of aryl methyl sites for hydroxylation is 1. The molecular weight excluding hydrogens is 174 g/mol. The molecule has 1 aromatic rings. The van der Waals surface area contributed by atoms with Gasteiger partial charge in [-0.1, -0.05) is 31.9 Å². The molecule has 0 saturated carbocycles. The van der Waals surface area contributed by atoms with Gasteiger partial charge in [0, 0.05) is 11.6 Å². The minimum Gasteiger partial charge on any atom is -0.508 e. The summed E-state index contributed by atoms with van der Waals surface area (Å²) >= 11 is 0. The Morgan fingerprint density at radius 3 is 2.71 bits per heavy atom. The van der Waals surface area contributed by atoms with Gasteiger partial charge in [0.05, 0.1) is 0 Å². The minimum atomic E-state index is -0.0319. The highest BCUT2D eigenvalue weighted by Crippen LogP contribution is 2.26. The van der Waals surface area contributed by atoms with E-state index < -0.39 is 0 Å². The van der Waals surface area contributed by atoms with Gasteiger partial charge in [-0.05, 0) is 25.0 Å². The third-order valence-corrected chi connectivity index (χ3v) is 2.45. The van der Waals surface area contributed by atoms with Crippen LogP contribution in [0.4, 0.5) is 0 Å². The Morgan fingerprint density at radius 2 is 2.14 bits per heavy atom. The number of unbranched alkanes of at least 4 members (excludes halogenated alkanes) is 1. The number of aromatic hydroxyl groups is 1. The molecule has 1 unspecified atom stereocenters. The highest BCUT2D eigenvalue weighted by Gasteiger charge is 2.09. The van der Waals surface area contributed by atoms with Crippen molar-refractivity contribution in [1.29, 1.82) is 0 Å². The second-order valence-corrected chi connectivity index (χ2v) is 3.81. The summed E-state index contributed by atoms with van der Waals surface area (Å²) in [6.45, 7) is 4.10. The first-order valence-corrected chi connectivity index (χ1v) is 5.20. The van der Waals surface area contributed by atoms with Gasteiger partial charge in [0.1, 0.15) is 5.75 Å². The molecule has 0 radical (unpaired) electrons. The Morgan fingerprint density at radius 1 is 1.43 bits per heavy atom. The van der Waals surface area contributed by atoms with E-state index in [9.17, 15) is 5.11 Å². The lowest BCUT2D eigenvalue weighted by Gasteiger charge is -2.13. The quantitative estimate of drug-likeness (QED) is 0.772. The van der Waals surface area contributed by atoms with Crippen molar-refractivity contribution in [3.8, 4) is 5.75 Å². The third kappa shape index (κ3) is 2.74. The van der Waals surface area contributed by atoms with Gasteiger partial charge in [0.15, 0.2) is 0 Å². The van der Waals surface area contributed by atoms with E-state index in [0.29, 0.717) is 5.75 Å². The summed E-state index contributed by atoms with van der Waals surface area (Å²) in [6.07, 6.45) is 3.18. The lowest BCUT2D eigenvalue weighted by atomic mass is 10.00. The first-order chi connectivity index (χ1) is 6.65. The van der Waals surface area contributed by atoms with Crippen molar-refractivity contribution in [2.75, 3.05) is 0 Å². The van der Waals surface area contributed by atoms with E-state index >= 15 is 0 Å². The summed E-state index contributed by atoms with van der Waals surface area (Å²) in [5.74, 6) is 0.327. The molecule has 2 nitrogen and oxygen atoms in total. The van der Waals surface area contributed by atoms with Gasteiger partial charge >= 0.3 is 0 Å². The highest BCUT2D eigenvalue weighted by atomic mass is 16.3. The van der Waals surface area contributed by atoms with Crippen LogP contribution in [0.3, 0.4) is 0 Å². The van der Waals surface area contributed by atoms with Crippen molar-refractivity contribution in [2.45, 2.75) is 39.2 Å². The zero-order valence-corrected chi connectivity index (χ0v) is 8.96. The molecule has 0 aliphatic heterocycles. The number of rotatable bonds is 4. The predicted octanol–water partition coefficient (Wildman–Crippen LogP) is 2.89. The lowest BCUT2D eigenvalue weighted by Crippen LogP contribution is -2.10. The maximum Gasteiger partial charge on any atom is 0.120 e. The molecule has 78 valence electrons. The molecule has 3 N–H and O–H groups in total. The van der Waals surface area contributed by atoms with Crippen molar-refractivity contribution in [3.05, 3.63) is 29.3 Å². The summed E-state index contributed by atoms with van der Waals surface area (Å²) < 4.78 is 0. The van der Waals surface area contributed by atoms with Gasteiger partial charge in [0.25, 0.3) is 0 Å². The number of benzene rings is 1. The Labute approximate surface area is 85.8 Å². The summed E-state index contributed by atoms with van der Waals surface area (Å²) in [4.78, 5) is 0. The van der Waals surface area contributed by atoms with Gasteiger partial charge in [-0.25, -0.2) is 0 Å². The average Bonchev–Trinajstić information content (AvgIpc) is 2.14. The number of phenols is 1. The minimum absolute atomic E-state index is 0.0319. The van der Waals surface area contributed by atoms with E-state index in [1.165, 1.54) is 0 Å². The first kappa shape index (κ1) is 11.1. The fourth-order valence-corrected chi connectivity index (χ4v) is 1.55. The van der Waals surface area contributed by atoms with E-state index in [1.807, 2.05) is 19.1 Å². The first-order valence-electron chi connectivity index (χ1n) is 5.20. The fourth-order valence-electron chi connectivity index (χ4n) is 1.55. The monoisotopic (exact) mass is 193 g/mol. The highest BCUT2D eigenvalue weighted by molar-refractivity contribution is 5.37. The van der Waals surface area contributed by atoms with Gasteiger partial charge < -0.3 is 10.8 Å². The molecule has 2 heteroatoms. The number of nitrogens with two attached hydrogens (primary N) is 1.